The van der Waals surface area contributed by atoms with Crippen molar-refractivity contribution >= 4 is 12.1 Å². The monoisotopic (exact) mass is 323 g/mol. The molecule has 0 heterocycles. The molecule has 2 rings (SSSR count). The average molecular weight is 323 g/mol. The molecular weight excluding hydrogens is 306 g/mol. The molecule has 2 aromatic rings. The predicted molar refractivity (Wildman–Crippen MR) is 90.1 cm³/mol. The molecular formula is C18H17N3O3. The Hall–Kier alpha value is -3.33. The van der Waals surface area contributed by atoms with Crippen molar-refractivity contribution in [3.8, 4) is 17.6 Å². The number of rotatable bonds is 6. The number of ether oxygens (including phenoxy) is 2. The number of nitrogens with zero attached hydrogens (tertiary/aromatic N) is 2. The van der Waals surface area contributed by atoms with E-state index in [1.165, 1.54) is 13.3 Å². The van der Waals surface area contributed by atoms with Crippen LogP contribution >= 0.6 is 0 Å². The Morgan fingerprint density at radius 1 is 1.21 bits per heavy atom. The largest absolute Gasteiger partial charge is 0.497 e. The number of hydrazone groups is 1. The summed E-state index contributed by atoms with van der Waals surface area (Å²) in [5, 5.41) is 13.1. The molecule has 1 atom stereocenters. The van der Waals surface area contributed by atoms with Gasteiger partial charge in [0.1, 0.15) is 11.5 Å². The SMILES string of the molecule is COc1ccc(/C=N\NC(=O)[C@H](C#N)c2ccccc2)c(OC)c1. The Morgan fingerprint density at radius 3 is 2.58 bits per heavy atom. The topological polar surface area (TPSA) is 83.7 Å². The Bertz CT molecular complexity index is 767. The van der Waals surface area contributed by atoms with Crippen molar-refractivity contribution in [3.63, 3.8) is 0 Å². The fraction of sp³-hybridized carbons (Fsp3) is 0.167. The van der Waals surface area contributed by atoms with Crippen LogP contribution in [0.5, 0.6) is 11.5 Å². The van der Waals surface area contributed by atoms with Gasteiger partial charge in [-0.3, -0.25) is 4.79 Å². The molecule has 0 saturated carbocycles. The third-order valence-electron chi connectivity index (χ3n) is 3.34. The summed E-state index contributed by atoms with van der Waals surface area (Å²) in [6.45, 7) is 0. The first-order valence-electron chi connectivity index (χ1n) is 7.19. The summed E-state index contributed by atoms with van der Waals surface area (Å²) in [5.41, 5.74) is 3.67. The summed E-state index contributed by atoms with van der Waals surface area (Å²) in [7, 11) is 3.10. The zero-order chi connectivity index (χ0) is 17.4. The van der Waals surface area contributed by atoms with Crippen molar-refractivity contribution in [1.82, 2.24) is 5.43 Å². The Morgan fingerprint density at radius 2 is 1.96 bits per heavy atom. The molecule has 0 aliphatic carbocycles. The van der Waals surface area contributed by atoms with E-state index in [-0.39, 0.29) is 0 Å². The summed E-state index contributed by atoms with van der Waals surface area (Å²) >= 11 is 0. The number of hydrogen-bond donors (Lipinski definition) is 1. The van der Waals surface area contributed by atoms with Gasteiger partial charge in [0.15, 0.2) is 5.92 Å². The highest BCUT2D eigenvalue weighted by Gasteiger charge is 2.19. The maximum absolute atomic E-state index is 12.1. The Labute approximate surface area is 140 Å². The molecule has 0 aliphatic heterocycles. The minimum Gasteiger partial charge on any atom is -0.497 e. The van der Waals surface area contributed by atoms with E-state index in [0.29, 0.717) is 22.6 Å². The number of nitrogens with one attached hydrogen (secondary N) is 1. The number of carbonyl (C=O) groups excluding carboxylic acids is 1. The molecule has 0 spiro atoms. The number of carbonyl (C=O) groups is 1. The zero-order valence-corrected chi connectivity index (χ0v) is 13.4. The number of benzene rings is 2. The number of amides is 1. The second-order valence-electron chi connectivity index (χ2n) is 4.81. The molecule has 0 aliphatic rings. The number of methoxy groups -OCH3 is 2. The van der Waals surface area contributed by atoms with Crippen molar-refractivity contribution in [2.75, 3.05) is 14.2 Å². The normalized spacial score (nSPS) is 11.5. The molecule has 24 heavy (non-hydrogen) atoms. The van der Waals surface area contributed by atoms with Gasteiger partial charge in [-0.2, -0.15) is 10.4 Å². The minimum atomic E-state index is -0.916. The van der Waals surface area contributed by atoms with E-state index in [1.807, 2.05) is 12.1 Å². The molecule has 6 heteroatoms. The van der Waals surface area contributed by atoms with Gasteiger partial charge in [0.05, 0.1) is 26.5 Å². The van der Waals surface area contributed by atoms with E-state index >= 15 is 0 Å². The lowest BCUT2D eigenvalue weighted by molar-refractivity contribution is -0.121. The summed E-state index contributed by atoms with van der Waals surface area (Å²) < 4.78 is 10.4. The maximum Gasteiger partial charge on any atom is 0.261 e. The van der Waals surface area contributed by atoms with E-state index in [9.17, 15) is 10.1 Å². The van der Waals surface area contributed by atoms with Gasteiger partial charge in [-0.05, 0) is 17.7 Å². The molecule has 0 unspecified atom stereocenters. The van der Waals surface area contributed by atoms with Gasteiger partial charge in [0.2, 0.25) is 0 Å². The van der Waals surface area contributed by atoms with Crippen LogP contribution in [-0.4, -0.2) is 26.3 Å². The van der Waals surface area contributed by atoms with E-state index in [2.05, 4.69) is 10.5 Å². The second-order valence-corrected chi connectivity index (χ2v) is 4.81. The third-order valence-corrected chi connectivity index (χ3v) is 3.34. The fourth-order valence-corrected chi connectivity index (χ4v) is 2.09. The zero-order valence-electron chi connectivity index (χ0n) is 13.4. The van der Waals surface area contributed by atoms with Crippen LogP contribution < -0.4 is 14.9 Å². The third kappa shape index (κ3) is 4.11. The molecule has 2 aromatic carbocycles. The molecule has 0 radical (unpaired) electrons. The summed E-state index contributed by atoms with van der Waals surface area (Å²) in [6.07, 6.45) is 1.45. The lowest BCUT2D eigenvalue weighted by atomic mass is 10.0. The molecule has 0 bridgehead atoms. The molecule has 122 valence electrons. The maximum atomic E-state index is 12.1. The predicted octanol–water partition coefficient (Wildman–Crippen LogP) is 2.46. The number of nitriles is 1. The highest BCUT2D eigenvalue weighted by Crippen LogP contribution is 2.23. The van der Waals surface area contributed by atoms with E-state index in [4.69, 9.17) is 9.47 Å². The van der Waals surface area contributed by atoms with Crippen LogP contribution in [0.25, 0.3) is 0 Å². The number of hydrogen-bond acceptors (Lipinski definition) is 5. The quantitative estimate of drug-likeness (QED) is 0.654. The first-order chi connectivity index (χ1) is 11.7. The summed E-state index contributed by atoms with van der Waals surface area (Å²) in [4.78, 5) is 12.1. The van der Waals surface area contributed by atoms with E-state index in [1.54, 1.807) is 49.6 Å². The Balaban J connectivity index is 2.08. The van der Waals surface area contributed by atoms with Crippen LogP contribution in [0.2, 0.25) is 0 Å². The van der Waals surface area contributed by atoms with Gasteiger partial charge in [-0.1, -0.05) is 30.3 Å². The molecule has 6 nitrogen and oxygen atoms in total. The van der Waals surface area contributed by atoms with Gasteiger partial charge in [-0.15, -0.1) is 0 Å². The van der Waals surface area contributed by atoms with Crippen LogP contribution in [0.15, 0.2) is 53.6 Å². The van der Waals surface area contributed by atoms with Crippen LogP contribution in [0.4, 0.5) is 0 Å². The van der Waals surface area contributed by atoms with Crippen molar-refractivity contribution in [1.29, 1.82) is 5.26 Å². The van der Waals surface area contributed by atoms with Gasteiger partial charge in [-0.25, -0.2) is 5.43 Å². The highest BCUT2D eigenvalue weighted by atomic mass is 16.5. The minimum absolute atomic E-state index is 0.493. The van der Waals surface area contributed by atoms with Crippen molar-refractivity contribution < 1.29 is 14.3 Å². The fourth-order valence-electron chi connectivity index (χ4n) is 2.09. The van der Waals surface area contributed by atoms with E-state index < -0.39 is 11.8 Å². The summed E-state index contributed by atoms with van der Waals surface area (Å²) in [6, 6.07) is 16.0. The van der Waals surface area contributed by atoms with Gasteiger partial charge >= 0.3 is 0 Å². The lowest BCUT2D eigenvalue weighted by Crippen LogP contribution is -2.24. The first kappa shape index (κ1) is 17.0. The van der Waals surface area contributed by atoms with Crippen LogP contribution in [0.1, 0.15) is 17.0 Å². The molecule has 0 fully saturated rings. The van der Waals surface area contributed by atoms with Gasteiger partial charge < -0.3 is 9.47 Å². The standard InChI is InChI=1S/C18H17N3O3/c1-23-15-9-8-14(17(10-15)24-2)12-20-21-18(22)16(11-19)13-6-4-3-5-7-13/h3-10,12,16H,1-2H3,(H,21,22)/b20-12-/t16-/m1/s1. The van der Waals surface area contributed by atoms with E-state index in [0.717, 1.165) is 0 Å². The van der Waals surface area contributed by atoms with Crippen LogP contribution in [-0.2, 0) is 4.79 Å². The van der Waals surface area contributed by atoms with Crippen LogP contribution in [0.3, 0.4) is 0 Å². The van der Waals surface area contributed by atoms with Crippen molar-refractivity contribution in [3.05, 3.63) is 59.7 Å². The Kier molecular flexibility index (Phi) is 5.92. The average Bonchev–Trinajstić information content (AvgIpc) is 2.63. The highest BCUT2D eigenvalue weighted by molar-refractivity contribution is 5.89. The molecule has 0 saturated heterocycles. The molecule has 1 amide bonds. The van der Waals surface area contributed by atoms with Crippen LogP contribution in [0, 0.1) is 11.3 Å². The molecule has 1 N–H and O–H groups in total. The van der Waals surface area contributed by atoms with Crippen molar-refractivity contribution in [2.24, 2.45) is 5.10 Å². The second kappa shape index (κ2) is 8.34. The first-order valence-corrected chi connectivity index (χ1v) is 7.19. The van der Waals surface area contributed by atoms with Gasteiger partial charge in [0.25, 0.3) is 5.91 Å². The van der Waals surface area contributed by atoms with Crippen molar-refractivity contribution in [2.45, 2.75) is 5.92 Å². The lowest BCUT2D eigenvalue weighted by Gasteiger charge is -2.08. The summed E-state index contributed by atoms with van der Waals surface area (Å²) in [5.74, 6) is -0.192. The van der Waals surface area contributed by atoms with Gasteiger partial charge in [0, 0.05) is 11.6 Å². The smallest absolute Gasteiger partial charge is 0.261 e. The molecule has 0 aromatic heterocycles.